The standard InChI is InChI=1S/C32H42N4O11/c1-31(2,3)46-29(41)35-23(17-33-27(39)43-19-21-13-9-7-10-14-21)25(37)45-26(38)24(36-30(42)47-32(4,5)6)18-34-28(40)44-20-22-15-11-8-12-16-22/h7-16,23-24H,17-20H2,1-6H3,(H,33,39)(H,34,40)(H,35,41)(H,36,42)/t23-,24-/m0/s1. The maximum Gasteiger partial charge on any atom is 0.408 e. The van der Waals surface area contributed by atoms with Crippen molar-refractivity contribution in [3.63, 3.8) is 0 Å². The van der Waals surface area contributed by atoms with E-state index in [1.54, 1.807) is 102 Å². The van der Waals surface area contributed by atoms with E-state index in [9.17, 15) is 28.8 Å². The van der Waals surface area contributed by atoms with Crippen molar-refractivity contribution in [2.75, 3.05) is 13.1 Å². The second kappa shape index (κ2) is 18.0. The minimum absolute atomic E-state index is 0.0709. The van der Waals surface area contributed by atoms with Crippen molar-refractivity contribution in [1.29, 1.82) is 0 Å². The molecule has 0 saturated heterocycles. The average Bonchev–Trinajstić information content (AvgIpc) is 2.98. The Kier molecular flexibility index (Phi) is 14.5. The van der Waals surface area contributed by atoms with Crippen LogP contribution < -0.4 is 21.3 Å². The molecule has 2 aromatic rings. The van der Waals surface area contributed by atoms with Gasteiger partial charge in [0.15, 0.2) is 0 Å². The number of hydrogen-bond donors (Lipinski definition) is 4. The topological polar surface area (TPSA) is 197 Å². The molecule has 2 rings (SSSR count). The third-order valence-electron chi connectivity index (χ3n) is 5.48. The van der Waals surface area contributed by atoms with Crippen LogP contribution in [-0.2, 0) is 46.5 Å². The van der Waals surface area contributed by atoms with Crippen LogP contribution in [0.25, 0.3) is 0 Å². The van der Waals surface area contributed by atoms with Gasteiger partial charge in [-0.1, -0.05) is 60.7 Å². The van der Waals surface area contributed by atoms with E-state index in [0.29, 0.717) is 11.1 Å². The van der Waals surface area contributed by atoms with E-state index in [2.05, 4.69) is 21.3 Å². The molecule has 15 heteroatoms. The van der Waals surface area contributed by atoms with E-state index in [4.69, 9.17) is 23.7 Å². The monoisotopic (exact) mass is 658 g/mol. The molecule has 0 spiro atoms. The van der Waals surface area contributed by atoms with Gasteiger partial charge in [-0.3, -0.25) is 0 Å². The number of benzene rings is 2. The van der Waals surface area contributed by atoms with E-state index in [1.165, 1.54) is 0 Å². The summed E-state index contributed by atoms with van der Waals surface area (Å²) in [4.78, 5) is 75.7. The lowest BCUT2D eigenvalue weighted by atomic mass is 10.2. The molecule has 0 radical (unpaired) electrons. The molecule has 2 atom stereocenters. The van der Waals surface area contributed by atoms with Gasteiger partial charge in [-0.25, -0.2) is 28.8 Å². The van der Waals surface area contributed by atoms with Crippen LogP contribution in [0.1, 0.15) is 52.7 Å². The van der Waals surface area contributed by atoms with Crippen LogP contribution in [0.4, 0.5) is 19.2 Å². The van der Waals surface area contributed by atoms with Gasteiger partial charge in [-0.15, -0.1) is 0 Å². The van der Waals surface area contributed by atoms with Gasteiger partial charge in [0.25, 0.3) is 0 Å². The van der Waals surface area contributed by atoms with Crippen LogP contribution in [0.3, 0.4) is 0 Å². The highest BCUT2D eigenvalue weighted by atomic mass is 16.6. The summed E-state index contributed by atoms with van der Waals surface area (Å²) < 4.78 is 25.6. The van der Waals surface area contributed by atoms with E-state index in [0.717, 1.165) is 0 Å². The smallest absolute Gasteiger partial charge is 0.408 e. The number of ether oxygens (including phenoxy) is 5. The Bertz CT molecular complexity index is 1250. The molecule has 256 valence electrons. The Balaban J connectivity index is 2.10. The molecular weight excluding hydrogens is 616 g/mol. The normalized spacial score (nSPS) is 12.3. The number of carbonyl (C=O) groups excluding carboxylic acids is 6. The first kappa shape index (κ1) is 37.8. The maximum absolute atomic E-state index is 13.1. The number of alkyl carbamates (subject to hydrolysis) is 4. The third kappa shape index (κ3) is 16.5. The zero-order valence-electron chi connectivity index (χ0n) is 27.2. The summed E-state index contributed by atoms with van der Waals surface area (Å²) in [6.07, 6.45) is -3.94. The lowest BCUT2D eigenvalue weighted by Crippen LogP contribution is -2.54. The second-order valence-electron chi connectivity index (χ2n) is 12.0. The molecule has 0 aromatic heterocycles. The van der Waals surface area contributed by atoms with Gasteiger partial charge in [0.05, 0.1) is 13.1 Å². The van der Waals surface area contributed by atoms with Crippen molar-refractivity contribution in [1.82, 2.24) is 21.3 Å². The van der Waals surface area contributed by atoms with E-state index >= 15 is 0 Å². The Morgan fingerprint density at radius 1 is 0.553 bits per heavy atom. The molecule has 0 unspecified atom stereocenters. The number of rotatable bonds is 12. The van der Waals surface area contributed by atoms with Crippen molar-refractivity contribution >= 4 is 36.3 Å². The number of hydrogen-bond acceptors (Lipinski definition) is 11. The van der Waals surface area contributed by atoms with E-state index in [-0.39, 0.29) is 13.2 Å². The van der Waals surface area contributed by atoms with Crippen molar-refractivity contribution in [2.24, 2.45) is 0 Å². The van der Waals surface area contributed by atoms with Crippen LogP contribution in [0.15, 0.2) is 60.7 Å². The molecule has 0 saturated carbocycles. The number of nitrogens with one attached hydrogen (secondary N) is 4. The predicted octanol–water partition coefficient (Wildman–Crippen LogP) is 3.70. The number of esters is 2. The minimum Gasteiger partial charge on any atom is -0.445 e. The van der Waals surface area contributed by atoms with Crippen molar-refractivity contribution in [2.45, 2.75) is 78.0 Å². The first-order valence-electron chi connectivity index (χ1n) is 14.6. The van der Waals surface area contributed by atoms with Gasteiger partial charge in [0.1, 0.15) is 36.5 Å². The number of amides is 4. The van der Waals surface area contributed by atoms with Crippen LogP contribution in [-0.4, -0.2) is 72.7 Å². The summed E-state index contributed by atoms with van der Waals surface area (Å²) in [7, 11) is 0. The lowest BCUT2D eigenvalue weighted by molar-refractivity contribution is -0.162. The molecule has 4 amide bonds. The molecule has 15 nitrogen and oxygen atoms in total. The van der Waals surface area contributed by atoms with Gasteiger partial charge in [-0.05, 0) is 52.7 Å². The quantitative estimate of drug-likeness (QED) is 0.147. The Labute approximate surface area is 273 Å². The Morgan fingerprint density at radius 3 is 1.21 bits per heavy atom. The van der Waals surface area contributed by atoms with Gasteiger partial charge in [-0.2, -0.15) is 0 Å². The first-order chi connectivity index (χ1) is 22.0. The summed E-state index contributed by atoms with van der Waals surface area (Å²) >= 11 is 0. The summed E-state index contributed by atoms with van der Waals surface area (Å²) in [6, 6.07) is 14.3. The van der Waals surface area contributed by atoms with Crippen LogP contribution in [0, 0.1) is 0 Å². The van der Waals surface area contributed by atoms with Gasteiger partial charge >= 0.3 is 36.3 Å². The average molecular weight is 659 g/mol. The van der Waals surface area contributed by atoms with E-state index < -0.39 is 72.7 Å². The zero-order valence-corrected chi connectivity index (χ0v) is 27.2. The molecule has 0 aliphatic heterocycles. The van der Waals surface area contributed by atoms with Crippen LogP contribution >= 0.6 is 0 Å². The molecule has 4 N–H and O–H groups in total. The molecule has 2 aromatic carbocycles. The minimum atomic E-state index is -1.64. The van der Waals surface area contributed by atoms with Gasteiger partial charge in [0, 0.05) is 0 Å². The molecule has 47 heavy (non-hydrogen) atoms. The summed E-state index contributed by atoms with van der Waals surface area (Å²) in [5, 5.41) is 9.13. The highest BCUT2D eigenvalue weighted by Crippen LogP contribution is 2.09. The lowest BCUT2D eigenvalue weighted by Gasteiger charge is -2.24. The fourth-order valence-corrected chi connectivity index (χ4v) is 3.45. The fourth-order valence-electron chi connectivity index (χ4n) is 3.45. The van der Waals surface area contributed by atoms with Gasteiger partial charge in [0.2, 0.25) is 0 Å². The fraction of sp³-hybridized carbons (Fsp3) is 0.438. The van der Waals surface area contributed by atoms with Crippen LogP contribution in [0.2, 0.25) is 0 Å². The molecule has 0 fully saturated rings. The zero-order chi connectivity index (χ0) is 35.0. The van der Waals surface area contributed by atoms with Crippen LogP contribution in [0.5, 0.6) is 0 Å². The predicted molar refractivity (Wildman–Crippen MR) is 167 cm³/mol. The summed E-state index contributed by atoms with van der Waals surface area (Å²) in [5.41, 5.74) is -0.478. The van der Waals surface area contributed by atoms with Crippen molar-refractivity contribution in [3.05, 3.63) is 71.8 Å². The molecule has 0 bridgehead atoms. The van der Waals surface area contributed by atoms with Crippen molar-refractivity contribution in [3.8, 4) is 0 Å². The second-order valence-corrected chi connectivity index (χ2v) is 12.0. The molecule has 0 aliphatic rings. The summed E-state index contributed by atoms with van der Waals surface area (Å²) in [6.45, 7) is 8.28. The molecule has 0 heterocycles. The van der Waals surface area contributed by atoms with E-state index in [1.807, 2.05) is 0 Å². The molecular formula is C32H42N4O11. The molecule has 0 aliphatic carbocycles. The number of carbonyl (C=O) groups is 6. The first-order valence-corrected chi connectivity index (χ1v) is 14.6. The summed E-state index contributed by atoms with van der Waals surface area (Å²) in [5.74, 6) is -2.63. The van der Waals surface area contributed by atoms with Crippen molar-refractivity contribution < 1.29 is 52.5 Å². The third-order valence-corrected chi connectivity index (χ3v) is 5.48. The highest BCUT2D eigenvalue weighted by molar-refractivity contribution is 5.94. The largest absolute Gasteiger partial charge is 0.445 e. The Morgan fingerprint density at radius 2 is 0.894 bits per heavy atom. The highest BCUT2D eigenvalue weighted by Gasteiger charge is 2.32. The Hall–Kier alpha value is -5.34. The SMILES string of the molecule is CC(C)(C)OC(=O)N[C@@H](CNC(=O)OCc1ccccc1)C(=O)OC(=O)[C@H](CNC(=O)OCc1ccccc1)NC(=O)OC(C)(C)C. The maximum atomic E-state index is 13.1. The van der Waals surface area contributed by atoms with Gasteiger partial charge < -0.3 is 45.0 Å².